The normalized spacial score (nSPS) is 12.4. The highest BCUT2D eigenvalue weighted by molar-refractivity contribution is 5.98. The second kappa shape index (κ2) is 3.36. The minimum absolute atomic E-state index is 0.386. The fraction of sp³-hybridized carbons (Fsp3) is 0.0588. The summed E-state index contributed by atoms with van der Waals surface area (Å²) in [6.45, 7) is 0. The van der Waals surface area contributed by atoms with Gasteiger partial charge in [-0.1, -0.05) is 48.5 Å². The van der Waals surface area contributed by atoms with E-state index in [2.05, 4.69) is 42.5 Å². The molecule has 0 aromatic heterocycles. The molecule has 0 saturated carbocycles. The summed E-state index contributed by atoms with van der Waals surface area (Å²) in [4.78, 5) is 0. The largest absolute Gasteiger partial charge is 0.507 e. The maximum absolute atomic E-state index is 10.1. The maximum Gasteiger partial charge on any atom is 0.123 e. The Balaban J connectivity index is 2.13. The SMILES string of the molecule is Oc1cccc2ccc3c(c12)Cc1ccccc1-3. The Hall–Kier alpha value is -2.28. The van der Waals surface area contributed by atoms with Gasteiger partial charge in [0.05, 0.1) is 0 Å². The molecule has 0 radical (unpaired) electrons. The van der Waals surface area contributed by atoms with Gasteiger partial charge in [-0.2, -0.15) is 0 Å². The van der Waals surface area contributed by atoms with Gasteiger partial charge in [0.1, 0.15) is 5.75 Å². The molecule has 0 amide bonds. The molecule has 3 aromatic carbocycles. The van der Waals surface area contributed by atoms with Gasteiger partial charge < -0.3 is 5.11 Å². The lowest BCUT2D eigenvalue weighted by molar-refractivity contribution is 0.481. The third-order valence-corrected chi connectivity index (χ3v) is 3.81. The van der Waals surface area contributed by atoms with Crippen molar-refractivity contribution in [2.45, 2.75) is 6.42 Å². The summed E-state index contributed by atoms with van der Waals surface area (Å²) in [5, 5.41) is 12.2. The maximum atomic E-state index is 10.1. The van der Waals surface area contributed by atoms with Crippen LogP contribution in [0.25, 0.3) is 21.9 Å². The zero-order valence-corrected chi connectivity index (χ0v) is 9.85. The Morgan fingerprint density at radius 1 is 0.778 bits per heavy atom. The molecule has 1 aliphatic carbocycles. The topological polar surface area (TPSA) is 20.2 Å². The highest BCUT2D eigenvalue weighted by atomic mass is 16.3. The van der Waals surface area contributed by atoms with Gasteiger partial charge in [-0.15, -0.1) is 0 Å². The lowest BCUT2D eigenvalue weighted by Gasteiger charge is -2.07. The standard InChI is InChI=1S/C17H12O/c18-16-7-3-5-11-8-9-14-13-6-2-1-4-12(13)10-15(14)17(11)16/h1-9,18H,10H2. The van der Waals surface area contributed by atoms with Gasteiger partial charge in [0.2, 0.25) is 0 Å². The summed E-state index contributed by atoms with van der Waals surface area (Å²) in [5.74, 6) is 0.386. The minimum Gasteiger partial charge on any atom is -0.507 e. The van der Waals surface area contributed by atoms with Crippen LogP contribution in [-0.2, 0) is 6.42 Å². The van der Waals surface area contributed by atoms with Crippen molar-refractivity contribution in [3.63, 3.8) is 0 Å². The molecular formula is C17H12O. The van der Waals surface area contributed by atoms with E-state index in [0.29, 0.717) is 5.75 Å². The second-order valence-corrected chi connectivity index (χ2v) is 4.80. The van der Waals surface area contributed by atoms with Crippen LogP contribution in [0.2, 0.25) is 0 Å². The van der Waals surface area contributed by atoms with Gasteiger partial charge in [0.25, 0.3) is 0 Å². The molecule has 18 heavy (non-hydrogen) atoms. The summed E-state index contributed by atoms with van der Waals surface area (Å²) < 4.78 is 0. The van der Waals surface area contributed by atoms with E-state index in [9.17, 15) is 5.11 Å². The molecule has 1 heteroatoms. The fourth-order valence-corrected chi connectivity index (χ4v) is 3.00. The molecule has 0 heterocycles. The lowest BCUT2D eigenvalue weighted by Crippen LogP contribution is -1.84. The summed E-state index contributed by atoms with van der Waals surface area (Å²) >= 11 is 0. The zero-order valence-electron chi connectivity index (χ0n) is 9.85. The number of phenolic OH excluding ortho intramolecular Hbond substituents is 1. The fourth-order valence-electron chi connectivity index (χ4n) is 3.00. The van der Waals surface area contributed by atoms with Crippen LogP contribution in [0.5, 0.6) is 5.75 Å². The van der Waals surface area contributed by atoms with Gasteiger partial charge in [0, 0.05) is 5.39 Å². The number of hydrogen-bond acceptors (Lipinski definition) is 1. The smallest absolute Gasteiger partial charge is 0.123 e. The van der Waals surface area contributed by atoms with Crippen LogP contribution in [0.3, 0.4) is 0 Å². The van der Waals surface area contributed by atoms with E-state index in [1.807, 2.05) is 6.07 Å². The first-order valence-electron chi connectivity index (χ1n) is 6.16. The van der Waals surface area contributed by atoms with Crippen LogP contribution in [0.1, 0.15) is 11.1 Å². The lowest BCUT2D eigenvalue weighted by atomic mass is 9.98. The highest BCUT2D eigenvalue weighted by Crippen LogP contribution is 2.42. The van der Waals surface area contributed by atoms with Crippen LogP contribution >= 0.6 is 0 Å². The molecule has 86 valence electrons. The monoisotopic (exact) mass is 232 g/mol. The number of hydrogen-bond donors (Lipinski definition) is 1. The van der Waals surface area contributed by atoms with Crippen LogP contribution in [-0.4, -0.2) is 5.11 Å². The molecule has 4 rings (SSSR count). The third-order valence-electron chi connectivity index (χ3n) is 3.81. The van der Waals surface area contributed by atoms with Crippen molar-refractivity contribution in [1.82, 2.24) is 0 Å². The van der Waals surface area contributed by atoms with Crippen molar-refractivity contribution in [3.05, 3.63) is 65.7 Å². The molecular weight excluding hydrogens is 220 g/mol. The van der Waals surface area contributed by atoms with Crippen LogP contribution in [0.15, 0.2) is 54.6 Å². The summed E-state index contributed by atoms with van der Waals surface area (Å²) in [5.41, 5.74) is 5.17. The van der Waals surface area contributed by atoms with E-state index >= 15 is 0 Å². The average Bonchev–Trinajstić information content (AvgIpc) is 2.77. The Morgan fingerprint density at radius 3 is 2.61 bits per heavy atom. The van der Waals surface area contributed by atoms with Crippen molar-refractivity contribution < 1.29 is 5.11 Å². The predicted octanol–water partition coefficient (Wildman–Crippen LogP) is 4.12. The van der Waals surface area contributed by atoms with Gasteiger partial charge in [-0.25, -0.2) is 0 Å². The van der Waals surface area contributed by atoms with E-state index in [1.54, 1.807) is 6.07 Å². The van der Waals surface area contributed by atoms with E-state index in [1.165, 1.54) is 22.3 Å². The summed E-state index contributed by atoms with van der Waals surface area (Å²) in [6.07, 6.45) is 0.917. The van der Waals surface area contributed by atoms with E-state index in [0.717, 1.165) is 17.2 Å². The molecule has 0 spiro atoms. The van der Waals surface area contributed by atoms with E-state index in [-0.39, 0.29) is 0 Å². The van der Waals surface area contributed by atoms with Crippen molar-refractivity contribution in [1.29, 1.82) is 0 Å². The predicted molar refractivity (Wildman–Crippen MR) is 73.9 cm³/mol. The molecule has 0 aliphatic heterocycles. The molecule has 0 unspecified atom stereocenters. The molecule has 0 atom stereocenters. The van der Waals surface area contributed by atoms with Crippen molar-refractivity contribution in [2.24, 2.45) is 0 Å². The minimum atomic E-state index is 0.386. The van der Waals surface area contributed by atoms with E-state index < -0.39 is 0 Å². The molecule has 0 bridgehead atoms. The third kappa shape index (κ3) is 1.16. The first-order chi connectivity index (χ1) is 8.84. The Labute approximate surface area is 105 Å². The molecule has 0 fully saturated rings. The molecule has 1 N–H and O–H groups in total. The second-order valence-electron chi connectivity index (χ2n) is 4.80. The molecule has 1 aliphatic rings. The first kappa shape index (κ1) is 9.72. The Morgan fingerprint density at radius 2 is 1.67 bits per heavy atom. The molecule has 1 nitrogen and oxygen atoms in total. The number of fused-ring (bicyclic) bond motifs is 5. The van der Waals surface area contributed by atoms with E-state index in [4.69, 9.17) is 0 Å². The van der Waals surface area contributed by atoms with Gasteiger partial charge in [-0.3, -0.25) is 0 Å². The van der Waals surface area contributed by atoms with Crippen molar-refractivity contribution >= 4 is 10.8 Å². The summed E-state index contributed by atoms with van der Waals surface area (Å²) in [7, 11) is 0. The number of phenols is 1. The average molecular weight is 232 g/mol. The number of benzene rings is 3. The highest BCUT2D eigenvalue weighted by Gasteiger charge is 2.20. The molecule has 3 aromatic rings. The van der Waals surface area contributed by atoms with Crippen LogP contribution in [0, 0.1) is 0 Å². The first-order valence-corrected chi connectivity index (χ1v) is 6.16. The van der Waals surface area contributed by atoms with Crippen LogP contribution < -0.4 is 0 Å². The van der Waals surface area contributed by atoms with Crippen molar-refractivity contribution in [2.75, 3.05) is 0 Å². The number of rotatable bonds is 0. The summed E-state index contributed by atoms with van der Waals surface area (Å²) in [6, 6.07) is 18.5. The number of aromatic hydroxyl groups is 1. The Bertz CT molecular complexity index is 772. The van der Waals surface area contributed by atoms with Gasteiger partial charge >= 0.3 is 0 Å². The van der Waals surface area contributed by atoms with Crippen molar-refractivity contribution in [3.8, 4) is 16.9 Å². The van der Waals surface area contributed by atoms with Crippen LogP contribution in [0.4, 0.5) is 0 Å². The van der Waals surface area contributed by atoms with Gasteiger partial charge in [0.15, 0.2) is 0 Å². The van der Waals surface area contributed by atoms with Gasteiger partial charge in [-0.05, 0) is 40.1 Å². The quantitative estimate of drug-likeness (QED) is 0.483. The Kier molecular flexibility index (Phi) is 1.81. The molecule has 0 saturated heterocycles. The zero-order chi connectivity index (χ0) is 12.1.